The minimum atomic E-state index is -0.981. The Morgan fingerprint density at radius 2 is 1.07 bits per heavy atom. The number of allylic oxidation sites excluding steroid dienone is 4. The summed E-state index contributed by atoms with van der Waals surface area (Å²) in [5.74, 6) is 0. The van der Waals surface area contributed by atoms with E-state index in [1.54, 1.807) is 5.20 Å². The first-order chi connectivity index (χ1) is 20.6. The van der Waals surface area contributed by atoms with Crippen molar-refractivity contribution in [3.63, 3.8) is 0 Å². The molecule has 0 N–H and O–H groups in total. The van der Waals surface area contributed by atoms with Crippen LogP contribution in [0.15, 0.2) is 120 Å². The number of rotatable bonds is 3. The van der Waals surface area contributed by atoms with E-state index in [0.29, 0.717) is 0 Å². The Morgan fingerprint density at radius 3 is 1.37 bits per heavy atom. The second-order valence-electron chi connectivity index (χ2n) is 14.8. The Labute approximate surface area is 306 Å². The average molecular weight is 743 g/mol. The van der Waals surface area contributed by atoms with Crippen LogP contribution in [0.3, 0.4) is 0 Å². The van der Waals surface area contributed by atoms with Crippen molar-refractivity contribution in [2.24, 2.45) is 0 Å². The third-order valence-corrected chi connectivity index (χ3v) is 11.6. The summed E-state index contributed by atoms with van der Waals surface area (Å²) in [5, 5.41) is 7.04. The monoisotopic (exact) mass is 740 g/mol. The molecule has 0 fully saturated rings. The van der Waals surface area contributed by atoms with E-state index >= 15 is 0 Å². The number of fused-ring (bicyclic) bond motifs is 3. The summed E-state index contributed by atoms with van der Waals surface area (Å²) in [5.41, 5.74) is 5.86. The maximum atomic E-state index is 3.20. The molecule has 5 aromatic rings. The van der Waals surface area contributed by atoms with Crippen LogP contribution in [0.1, 0.15) is 70.2 Å². The Kier molecular flexibility index (Phi) is 14.5. The van der Waals surface area contributed by atoms with E-state index in [1.165, 1.54) is 71.2 Å². The molecule has 0 atom stereocenters. The van der Waals surface area contributed by atoms with Crippen LogP contribution < -0.4 is 24.8 Å². The van der Waals surface area contributed by atoms with Gasteiger partial charge in [0.2, 0.25) is 0 Å². The fourth-order valence-corrected chi connectivity index (χ4v) is 7.30. The molecule has 6 rings (SSSR count). The Morgan fingerprint density at radius 1 is 0.652 bits per heavy atom. The van der Waals surface area contributed by atoms with Crippen LogP contribution in [-0.2, 0) is 35.1 Å². The predicted octanol–water partition coefficient (Wildman–Crippen LogP) is 5.67. The molecule has 0 bridgehead atoms. The van der Waals surface area contributed by atoms with E-state index in [0.717, 1.165) is 6.42 Å². The topological polar surface area (TPSA) is 0 Å². The standard InChI is InChI=1S/C21H25.C13H10.C8H13Si.2ClH.Zr/c1-20(2,3)16-9-7-14-11-15-8-10-17(21(4,5)6)13-19(15)18(14)12-16;1-3-7-12(8-4-1)11-13-9-5-2-6-10-13;1-9(2,3)8-6-4-5-7-8;;;/h7-13H,1-6H3;1-10H;6-7H,4H2,1-3H3;2*1H;/q-1;;-1;;;+2/p-2. The van der Waals surface area contributed by atoms with E-state index in [4.69, 9.17) is 0 Å². The van der Waals surface area contributed by atoms with Gasteiger partial charge in [-0.3, -0.25) is 6.08 Å². The van der Waals surface area contributed by atoms with Crippen molar-refractivity contribution < 1.29 is 49.0 Å². The molecule has 46 heavy (non-hydrogen) atoms. The molecule has 0 heterocycles. The molecule has 0 aromatic heterocycles. The molecule has 5 aromatic carbocycles. The molecule has 0 spiro atoms. The predicted molar refractivity (Wildman–Crippen MR) is 194 cm³/mol. The molecule has 0 saturated carbocycles. The molecule has 0 amide bonds. The molecule has 1 aliphatic rings. The van der Waals surface area contributed by atoms with Crippen LogP contribution in [0.5, 0.6) is 0 Å². The first-order valence-electron chi connectivity index (χ1n) is 15.8. The van der Waals surface area contributed by atoms with Crippen molar-refractivity contribution in [3.05, 3.63) is 149 Å². The Hall–Kier alpha value is -2.22. The second kappa shape index (κ2) is 16.7. The normalized spacial score (nSPS) is 12.6. The van der Waals surface area contributed by atoms with Gasteiger partial charge in [0.25, 0.3) is 0 Å². The fraction of sp³-hybridized carbons (Fsp3) is 0.286. The zero-order chi connectivity index (χ0) is 32.1. The van der Waals surface area contributed by atoms with Gasteiger partial charge in [0.05, 0.1) is 0 Å². The van der Waals surface area contributed by atoms with Gasteiger partial charge < -0.3 is 24.8 Å². The third kappa shape index (κ3) is 10.6. The van der Waals surface area contributed by atoms with Crippen molar-refractivity contribution in [2.75, 3.05) is 0 Å². The van der Waals surface area contributed by atoms with Crippen LogP contribution in [0.25, 0.3) is 21.5 Å². The number of benzene rings is 4. The van der Waals surface area contributed by atoms with E-state index in [1.807, 2.05) is 0 Å². The molecule has 0 unspecified atom stereocenters. The summed E-state index contributed by atoms with van der Waals surface area (Å²) in [6, 6.07) is 37.3. The molecule has 0 radical (unpaired) electrons. The van der Waals surface area contributed by atoms with Crippen molar-refractivity contribution in [2.45, 2.75) is 78.4 Å². The second-order valence-corrected chi connectivity index (χ2v) is 21.1. The fourth-order valence-electron chi connectivity index (χ4n) is 5.23. The number of hydrogen-bond donors (Lipinski definition) is 0. The van der Waals surface area contributed by atoms with Gasteiger partial charge in [-0.15, -0.1) is 46.2 Å². The van der Waals surface area contributed by atoms with Gasteiger partial charge in [-0.05, 0) is 18.9 Å². The van der Waals surface area contributed by atoms with Crippen molar-refractivity contribution in [1.29, 1.82) is 0 Å². The van der Waals surface area contributed by atoms with Gasteiger partial charge in [-0.1, -0.05) is 96.6 Å². The summed E-state index contributed by atoms with van der Waals surface area (Å²) in [6.45, 7) is 20.8. The van der Waals surface area contributed by atoms with Crippen molar-refractivity contribution in [3.8, 4) is 0 Å². The molecule has 4 heteroatoms. The summed E-state index contributed by atoms with van der Waals surface area (Å²) in [4.78, 5) is 0. The SMILES string of the molecule is CC(C)(C)c1ccc2[cH-]c3ccc(C(C)(C)C)cc3c2c1.C[Si](C)(C)C1=CC[C-]=C1.[Cl-].[Cl-].[Zr+2]=[C](c1ccccc1)c1ccccc1. The number of halogens is 2. The number of hydrogen-bond acceptors (Lipinski definition) is 0. The van der Waals surface area contributed by atoms with Gasteiger partial charge in [0.15, 0.2) is 0 Å². The van der Waals surface area contributed by atoms with Crippen molar-refractivity contribution >= 4 is 32.8 Å². The van der Waals surface area contributed by atoms with E-state index < -0.39 is 8.07 Å². The Balaban J connectivity index is 0.000000256. The summed E-state index contributed by atoms with van der Waals surface area (Å²) in [6.07, 6.45) is 8.69. The zero-order valence-electron chi connectivity index (χ0n) is 28.9. The van der Waals surface area contributed by atoms with E-state index in [9.17, 15) is 0 Å². The zero-order valence-corrected chi connectivity index (χ0v) is 33.9. The molecule has 1 aliphatic carbocycles. The van der Waals surface area contributed by atoms with Crippen LogP contribution >= 0.6 is 0 Å². The molecule has 0 nitrogen and oxygen atoms in total. The summed E-state index contributed by atoms with van der Waals surface area (Å²) < 4.78 is 1.42. The van der Waals surface area contributed by atoms with Gasteiger partial charge in [-0.25, -0.2) is 11.3 Å². The van der Waals surface area contributed by atoms with Crippen LogP contribution in [0.4, 0.5) is 0 Å². The summed E-state index contributed by atoms with van der Waals surface area (Å²) >= 11 is 1.46. The van der Waals surface area contributed by atoms with Crippen LogP contribution in [0, 0.1) is 6.08 Å². The van der Waals surface area contributed by atoms with Crippen LogP contribution in [0.2, 0.25) is 19.6 Å². The van der Waals surface area contributed by atoms with E-state index in [2.05, 4.69) is 183 Å². The van der Waals surface area contributed by atoms with Crippen LogP contribution in [-0.4, -0.2) is 11.3 Å². The molecule has 0 saturated heterocycles. The molecule has 0 aliphatic heterocycles. The minimum absolute atomic E-state index is 0. The van der Waals surface area contributed by atoms with E-state index in [-0.39, 0.29) is 35.6 Å². The first-order valence-corrected chi connectivity index (χ1v) is 20.5. The Bertz CT molecular complexity index is 1670. The first kappa shape index (κ1) is 40.0. The van der Waals surface area contributed by atoms with Gasteiger partial charge in [0, 0.05) is 0 Å². The van der Waals surface area contributed by atoms with Gasteiger partial charge >= 0.3 is 99.2 Å². The molecule has 240 valence electrons. The van der Waals surface area contributed by atoms with Crippen molar-refractivity contribution in [1.82, 2.24) is 0 Å². The van der Waals surface area contributed by atoms with Gasteiger partial charge in [0.1, 0.15) is 0 Å². The van der Waals surface area contributed by atoms with Gasteiger partial charge in [-0.2, -0.15) is 6.08 Å². The molecular formula is C42H48Cl2SiZr-2. The average Bonchev–Trinajstić information content (AvgIpc) is 3.66. The third-order valence-electron chi connectivity index (χ3n) is 8.13. The quantitative estimate of drug-likeness (QED) is 0.165. The molecular weight excluding hydrogens is 695 g/mol. The summed E-state index contributed by atoms with van der Waals surface area (Å²) in [7, 11) is -0.981. The maximum absolute atomic E-state index is 3.20.